The maximum Gasteiger partial charge on any atom is 0.251 e. The molecule has 8 heteroatoms. The average molecular weight is 495 g/mol. The first-order chi connectivity index (χ1) is 17.4. The molecule has 4 amide bonds. The topological polar surface area (TPSA) is 81.2 Å². The SMILES string of the molecule is CCCN(CC1CC1)[C@@H]1CC(=O)N(c2ccc(N3C(=O)C[C@H](N(CCC)CC4CC4)C3=O)cc2)C1=O. The Kier molecular flexibility index (Phi) is 7.26. The molecule has 2 atom stereocenters. The van der Waals surface area contributed by atoms with E-state index in [1.807, 2.05) is 0 Å². The highest BCUT2D eigenvalue weighted by atomic mass is 16.2. The Labute approximate surface area is 213 Å². The van der Waals surface area contributed by atoms with E-state index < -0.39 is 12.1 Å². The Morgan fingerprint density at radius 2 is 1.03 bits per heavy atom. The van der Waals surface area contributed by atoms with Gasteiger partial charge in [0.15, 0.2) is 0 Å². The van der Waals surface area contributed by atoms with Crippen molar-refractivity contribution in [3.05, 3.63) is 24.3 Å². The first kappa shape index (κ1) is 25.1. The van der Waals surface area contributed by atoms with Crippen molar-refractivity contribution in [3.8, 4) is 0 Å². The molecule has 1 aromatic rings. The smallest absolute Gasteiger partial charge is 0.251 e. The van der Waals surface area contributed by atoms with Crippen LogP contribution in [0.2, 0.25) is 0 Å². The van der Waals surface area contributed by atoms with Crippen LogP contribution >= 0.6 is 0 Å². The lowest BCUT2D eigenvalue weighted by Crippen LogP contribution is -2.43. The summed E-state index contributed by atoms with van der Waals surface area (Å²) >= 11 is 0. The van der Waals surface area contributed by atoms with E-state index in [2.05, 4.69) is 23.6 Å². The van der Waals surface area contributed by atoms with Crippen LogP contribution in [0.25, 0.3) is 0 Å². The predicted octanol–water partition coefficient (Wildman–Crippen LogP) is 3.19. The van der Waals surface area contributed by atoms with Crippen molar-refractivity contribution < 1.29 is 19.2 Å². The van der Waals surface area contributed by atoms with E-state index >= 15 is 0 Å². The second-order valence-electron chi connectivity index (χ2n) is 11.0. The molecule has 1 aromatic carbocycles. The highest BCUT2D eigenvalue weighted by molar-refractivity contribution is 6.24. The Morgan fingerprint density at radius 3 is 1.33 bits per heavy atom. The Balaban J connectivity index is 1.29. The number of imide groups is 2. The number of benzene rings is 1. The van der Waals surface area contributed by atoms with Crippen molar-refractivity contribution in [3.63, 3.8) is 0 Å². The van der Waals surface area contributed by atoms with E-state index in [0.717, 1.165) is 39.0 Å². The van der Waals surface area contributed by atoms with Crippen LogP contribution < -0.4 is 9.80 Å². The van der Waals surface area contributed by atoms with Crippen molar-refractivity contribution in [2.75, 3.05) is 36.0 Å². The number of amides is 4. The summed E-state index contributed by atoms with van der Waals surface area (Å²) in [6.45, 7) is 7.56. The first-order valence-electron chi connectivity index (χ1n) is 13.7. The van der Waals surface area contributed by atoms with Gasteiger partial charge in [0.1, 0.15) is 0 Å². The summed E-state index contributed by atoms with van der Waals surface area (Å²) in [5, 5.41) is 0. The molecule has 2 heterocycles. The van der Waals surface area contributed by atoms with Gasteiger partial charge in [0.2, 0.25) is 11.8 Å². The van der Waals surface area contributed by atoms with E-state index in [0.29, 0.717) is 23.2 Å². The fourth-order valence-electron chi connectivity index (χ4n) is 5.68. The van der Waals surface area contributed by atoms with Gasteiger partial charge in [-0.2, -0.15) is 0 Å². The minimum atomic E-state index is -0.406. The molecule has 2 saturated carbocycles. The summed E-state index contributed by atoms with van der Waals surface area (Å²) in [4.78, 5) is 59.2. The molecule has 0 aromatic heterocycles. The Bertz CT molecular complexity index is 936. The van der Waals surface area contributed by atoms with Gasteiger partial charge in [0.05, 0.1) is 36.3 Å². The number of anilines is 2. The molecular formula is C28H38N4O4. The molecule has 0 N–H and O–H groups in total. The number of nitrogens with zero attached hydrogens (tertiary/aromatic N) is 4. The van der Waals surface area contributed by atoms with Gasteiger partial charge < -0.3 is 0 Å². The van der Waals surface area contributed by atoms with Crippen LogP contribution in [0.1, 0.15) is 65.2 Å². The van der Waals surface area contributed by atoms with Crippen molar-refractivity contribution in [2.24, 2.45) is 11.8 Å². The Hall–Kier alpha value is -2.58. The molecule has 4 fully saturated rings. The second-order valence-corrected chi connectivity index (χ2v) is 11.0. The van der Waals surface area contributed by atoms with E-state index in [4.69, 9.17) is 0 Å². The summed E-state index contributed by atoms with van der Waals surface area (Å²) in [5.41, 5.74) is 0.993. The molecule has 194 valence electrons. The summed E-state index contributed by atoms with van der Waals surface area (Å²) in [7, 11) is 0. The maximum absolute atomic E-state index is 13.3. The monoisotopic (exact) mass is 494 g/mol. The van der Waals surface area contributed by atoms with Crippen LogP contribution in [0, 0.1) is 11.8 Å². The molecule has 5 rings (SSSR count). The molecule has 4 aliphatic rings. The van der Waals surface area contributed by atoms with E-state index in [9.17, 15) is 19.2 Å². The minimum Gasteiger partial charge on any atom is -0.291 e. The lowest BCUT2D eigenvalue weighted by molar-refractivity contribution is -0.124. The number of carbonyl (C=O) groups is 4. The van der Waals surface area contributed by atoms with Crippen LogP contribution in [-0.2, 0) is 19.2 Å². The summed E-state index contributed by atoms with van der Waals surface area (Å²) in [6.07, 6.45) is 7.08. The van der Waals surface area contributed by atoms with Crippen molar-refractivity contribution in [1.29, 1.82) is 0 Å². The highest BCUT2D eigenvalue weighted by Gasteiger charge is 2.45. The van der Waals surface area contributed by atoms with Gasteiger partial charge in [0.25, 0.3) is 11.8 Å². The van der Waals surface area contributed by atoms with Crippen LogP contribution in [-0.4, -0.2) is 71.7 Å². The molecular weight excluding hydrogens is 456 g/mol. The molecule has 0 bridgehead atoms. The predicted molar refractivity (Wildman–Crippen MR) is 137 cm³/mol. The number of carbonyl (C=O) groups excluding carboxylic acids is 4. The summed E-state index contributed by atoms with van der Waals surface area (Å²) < 4.78 is 0. The molecule has 0 radical (unpaired) electrons. The molecule has 0 unspecified atom stereocenters. The van der Waals surface area contributed by atoms with Crippen molar-refractivity contribution in [2.45, 2.75) is 77.3 Å². The second kappa shape index (κ2) is 10.4. The zero-order chi connectivity index (χ0) is 25.4. The van der Waals surface area contributed by atoms with Gasteiger partial charge in [-0.15, -0.1) is 0 Å². The molecule has 2 saturated heterocycles. The minimum absolute atomic E-state index is 0.175. The molecule has 2 aliphatic carbocycles. The van der Waals surface area contributed by atoms with Gasteiger partial charge in [-0.25, -0.2) is 9.80 Å². The fourth-order valence-corrected chi connectivity index (χ4v) is 5.68. The van der Waals surface area contributed by atoms with Crippen LogP contribution in [0.3, 0.4) is 0 Å². The summed E-state index contributed by atoms with van der Waals surface area (Å²) in [5.74, 6) is 0.544. The zero-order valence-corrected chi connectivity index (χ0v) is 21.5. The largest absolute Gasteiger partial charge is 0.291 e. The van der Waals surface area contributed by atoms with Gasteiger partial charge in [0, 0.05) is 13.1 Å². The normalized spacial score (nSPS) is 24.8. The third-order valence-corrected chi connectivity index (χ3v) is 7.89. The summed E-state index contributed by atoms with van der Waals surface area (Å²) in [6, 6.07) is 5.91. The standard InChI is InChI=1S/C28H38N4O4/c1-3-13-29(17-19-5-6-19)23-15-25(33)31(27(23)35)21-9-11-22(12-10-21)32-26(34)16-24(28(32)36)30(14-4-2)18-20-7-8-20/h9-12,19-20,23-24H,3-8,13-18H2,1-2H3/t23-,24+. The third kappa shape index (κ3) is 5.11. The van der Waals surface area contributed by atoms with Crippen LogP contribution in [0.5, 0.6) is 0 Å². The number of rotatable bonds is 12. The van der Waals surface area contributed by atoms with E-state index in [1.165, 1.54) is 35.5 Å². The van der Waals surface area contributed by atoms with Crippen LogP contribution in [0.4, 0.5) is 11.4 Å². The van der Waals surface area contributed by atoms with E-state index in [1.54, 1.807) is 24.3 Å². The number of hydrogen-bond acceptors (Lipinski definition) is 6. The fraction of sp³-hybridized carbons (Fsp3) is 0.643. The molecule has 36 heavy (non-hydrogen) atoms. The third-order valence-electron chi connectivity index (χ3n) is 7.89. The van der Waals surface area contributed by atoms with Gasteiger partial charge in [-0.3, -0.25) is 29.0 Å². The van der Waals surface area contributed by atoms with Crippen molar-refractivity contribution in [1.82, 2.24) is 9.80 Å². The van der Waals surface area contributed by atoms with Gasteiger partial charge in [-0.05, 0) is 87.7 Å². The first-order valence-corrected chi connectivity index (χ1v) is 13.7. The molecule has 8 nitrogen and oxygen atoms in total. The molecule has 0 spiro atoms. The number of hydrogen-bond donors (Lipinski definition) is 0. The average Bonchev–Trinajstić information content (AvgIpc) is 3.78. The van der Waals surface area contributed by atoms with Gasteiger partial charge >= 0.3 is 0 Å². The highest BCUT2D eigenvalue weighted by Crippen LogP contribution is 2.35. The van der Waals surface area contributed by atoms with E-state index in [-0.39, 0.29) is 36.5 Å². The lowest BCUT2D eigenvalue weighted by Gasteiger charge is -2.27. The Morgan fingerprint density at radius 1 is 0.667 bits per heavy atom. The maximum atomic E-state index is 13.3. The molecule has 2 aliphatic heterocycles. The quantitative estimate of drug-likeness (QED) is 0.415. The van der Waals surface area contributed by atoms with Gasteiger partial charge in [-0.1, -0.05) is 13.8 Å². The lowest BCUT2D eigenvalue weighted by atomic mass is 10.1. The zero-order valence-electron chi connectivity index (χ0n) is 21.5. The van der Waals surface area contributed by atoms with Crippen molar-refractivity contribution >= 4 is 35.0 Å². The van der Waals surface area contributed by atoms with Crippen LogP contribution in [0.15, 0.2) is 24.3 Å².